The highest BCUT2D eigenvalue weighted by Gasteiger charge is 2.14. The molecule has 1 aromatic carbocycles. The van der Waals surface area contributed by atoms with Gasteiger partial charge in [-0.2, -0.15) is 5.10 Å². The zero-order valence-electron chi connectivity index (χ0n) is 16.2. The van der Waals surface area contributed by atoms with Gasteiger partial charge in [0.15, 0.2) is 0 Å². The Labute approximate surface area is 164 Å². The summed E-state index contributed by atoms with van der Waals surface area (Å²) < 4.78 is 1.79. The SMILES string of the molecule is Cc1ccc(-c2nc(N[C@H](C)c3cnn(C)c3)ncc2-c2ccncc2)cc1. The Morgan fingerprint density at radius 1 is 0.964 bits per heavy atom. The van der Waals surface area contributed by atoms with Crippen LogP contribution in [0, 0.1) is 6.92 Å². The highest BCUT2D eigenvalue weighted by molar-refractivity contribution is 5.80. The molecule has 0 aliphatic heterocycles. The van der Waals surface area contributed by atoms with Gasteiger partial charge in [0.05, 0.1) is 17.9 Å². The predicted octanol–water partition coefficient (Wildman–Crippen LogP) is 4.42. The van der Waals surface area contributed by atoms with E-state index in [1.807, 2.05) is 37.8 Å². The van der Waals surface area contributed by atoms with Crippen LogP contribution < -0.4 is 5.32 Å². The van der Waals surface area contributed by atoms with Gasteiger partial charge >= 0.3 is 0 Å². The van der Waals surface area contributed by atoms with Gasteiger partial charge < -0.3 is 5.32 Å². The first-order chi connectivity index (χ1) is 13.6. The maximum atomic E-state index is 4.85. The molecule has 0 amide bonds. The van der Waals surface area contributed by atoms with Crippen molar-refractivity contribution in [3.63, 3.8) is 0 Å². The first-order valence-corrected chi connectivity index (χ1v) is 9.20. The molecule has 6 heteroatoms. The highest BCUT2D eigenvalue weighted by Crippen LogP contribution is 2.31. The van der Waals surface area contributed by atoms with Crippen LogP contribution in [0.3, 0.4) is 0 Å². The summed E-state index contributed by atoms with van der Waals surface area (Å²) in [6.45, 7) is 4.15. The van der Waals surface area contributed by atoms with Crippen LogP contribution in [0.1, 0.15) is 24.1 Å². The summed E-state index contributed by atoms with van der Waals surface area (Å²) >= 11 is 0. The van der Waals surface area contributed by atoms with Crippen molar-refractivity contribution in [2.24, 2.45) is 7.05 Å². The van der Waals surface area contributed by atoms with Crippen molar-refractivity contribution in [3.8, 4) is 22.4 Å². The highest BCUT2D eigenvalue weighted by atomic mass is 15.2. The average Bonchev–Trinajstić information content (AvgIpc) is 3.16. The second-order valence-corrected chi connectivity index (χ2v) is 6.87. The van der Waals surface area contributed by atoms with E-state index in [4.69, 9.17) is 4.98 Å². The number of benzene rings is 1. The standard InChI is InChI=1S/C22H22N6/c1-15-4-6-18(7-5-15)21-20(17-8-10-23-11-9-17)13-24-22(27-21)26-16(2)19-12-25-28(3)14-19/h4-14,16H,1-3H3,(H,24,26,27)/t16-/m1/s1. The number of aromatic nitrogens is 5. The van der Waals surface area contributed by atoms with Crippen molar-refractivity contribution in [2.45, 2.75) is 19.9 Å². The van der Waals surface area contributed by atoms with Gasteiger partial charge in [0.1, 0.15) is 0 Å². The number of hydrogen-bond donors (Lipinski definition) is 1. The number of anilines is 1. The van der Waals surface area contributed by atoms with Gasteiger partial charge in [0.25, 0.3) is 0 Å². The Morgan fingerprint density at radius 2 is 1.71 bits per heavy atom. The van der Waals surface area contributed by atoms with Crippen LogP contribution in [0.25, 0.3) is 22.4 Å². The smallest absolute Gasteiger partial charge is 0.223 e. The third kappa shape index (κ3) is 3.76. The summed E-state index contributed by atoms with van der Waals surface area (Å²) in [6.07, 6.45) is 9.28. The van der Waals surface area contributed by atoms with Crippen molar-refractivity contribution in [1.82, 2.24) is 24.7 Å². The molecule has 0 aliphatic carbocycles. The van der Waals surface area contributed by atoms with E-state index in [0.717, 1.165) is 27.9 Å². The van der Waals surface area contributed by atoms with E-state index in [0.29, 0.717) is 5.95 Å². The summed E-state index contributed by atoms with van der Waals surface area (Å²) in [5.41, 5.74) is 6.26. The average molecular weight is 370 g/mol. The maximum absolute atomic E-state index is 4.85. The summed E-state index contributed by atoms with van der Waals surface area (Å²) in [5, 5.41) is 7.62. The van der Waals surface area contributed by atoms with Gasteiger partial charge in [-0.05, 0) is 31.5 Å². The topological polar surface area (TPSA) is 68.5 Å². The number of hydrogen-bond acceptors (Lipinski definition) is 5. The molecule has 0 unspecified atom stereocenters. The Bertz CT molecular complexity index is 1070. The summed E-state index contributed by atoms with van der Waals surface area (Å²) in [4.78, 5) is 13.5. The minimum atomic E-state index is 0.0475. The van der Waals surface area contributed by atoms with Crippen LogP contribution in [0.2, 0.25) is 0 Å². The third-order valence-corrected chi connectivity index (χ3v) is 4.68. The molecular formula is C22H22N6. The molecule has 1 atom stereocenters. The Balaban J connectivity index is 1.73. The minimum absolute atomic E-state index is 0.0475. The van der Waals surface area contributed by atoms with E-state index in [2.05, 4.69) is 58.5 Å². The molecule has 6 nitrogen and oxygen atoms in total. The summed E-state index contributed by atoms with van der Waals surface area (Å²) in [6, 6.07) is 12.4. The lowest BCUT2D eigenvalue weighted by molar-refractivity contribution is 0.765. The van der Waals surface area contributed by atoms with Gasteiger partial charge in [-0.15, -0.1) is 0 Å². The van der Waals surface area contributed by atoms with Crippen molar-refractivity contribution < 1.29 is 0 Å². The van der Waals surface area contributed by atoms with E-state index in [-0.39, 0.29) is 6.04 Å². The molecule has 3 heterocycles. The molecular weight excluding hydrogens is 348 g/mol. The fraction of sp³-hybridized carbons (Fsp3) is 0.182. The molecule has 0 spiro atoms. The number of nitrogens with zero attached hydrogens (tertiary/aromatic N) is 5. The molecule has 0 bridgehead atoms. The second kappa shape index (κ2) is 7.60. The monoisotopic (exact) mass is 370 g/mol. The van der Waals surface area contributed by atoms with E-state index in [1.54, 1.807) is 17.1 Å². The van der Waals surface area contributed by atoms with Crippen LogP contribution in [0.5, 0.6) is 0 Å². The van der Waals surface area contributed by atoms with E-state index in [9.17, 15) is 0 Å². The zero-order valence-corrected chi connectivity index (χ0v) is 16.2. The lowest BCUT2D eigenvalue weighted by Crippen LogP contribution is -2.09. The zero-order chi connectivity index (χ0) is 19.5. The lowest BCUT2D eigenvalue weighted by Gasteiger charge is -2.15. The van der Waals surface area contributed by atoms with Gasteiger partial charge in [-0.25, -0.2) is 9.97 Å². The van der Waals surface area contributed by atoms with Gasteiger partial charge in [-0.3, -0.25) is 9.67 Å². The Hall–Kier alpha value is -3.54. The third-order valence-electron chi connectivity index (χ3n) is 4.68. The molecule has 0 radical (unpaired) electrons. The van der Waals surface area contributed by atoms with Gasteiger partial charge in [-0.1, -0.05) is 29.8 Å². The minimum Gasteiger partial charge on any atom is -0.348 e. The molecule has 0 fully saturated rings. The van der Waals surface area contributed by atoms with Crippen LogP contribution in [-0.4, -0.2) is 24.7 Å². The number of nitrogens with one attached hydrogen (secondary N) is 1. The van der Waals surface area contributed by atoms with Crippen LogP contribution in [-0.2, 0) is 7.05 Å². The van der Waals surface area contributed by atoms with Crippen LogP contribution in [0.4, 0.5) is 5.95 Å². The lowest BCUT2D eigenvalue weighted by atomic mass is 10.0. The van der Waals surface area contributed by atoms with Crippen molar-refractivity contribution in [1.29, 1.82) is 0 Å². The van der Waals surface area contributed by atoms with E-state index < -0.39 is 0 Å². The first-order valence-electron chi connectivity index (χ1n) is 9.20. The van der Waals surface area contributed by atoms with Crippen LogP contribution >= 0.6 is 0 Å². The molecule has 28 heavy (non-hydrogen) atoms. The molecule has 140 valence electrons. The molecule has 4 aromatic rings. The van der Waals surface area contributed by atoms with E-state index in [1.165, 1.54) is 5.56 Å². The summed E-state index contributed by atoms with van der Waals surface area (Å²) in [5.74, 6) is 0.588. The summed E-state index contributed by atoms with van der Waals surface area (Å²) in [7, 11) is 1.91. The number of rotatable bonds is 5. The molecule has 0 saturated heterocycles. The van der Waals surface area contributed by atoms with Gasteiger partial charge in [0.2, 0.25) is 5.95 Å². The quantitative estimate of drug-likeness (QED) is 0.563. The molecule has 1 N–H and O–H groups in total. The van der Waals surface area contributed by atoms with Crippen molar-refractivity contribution >= 4 is 5.95 Å². The van der Waals surface area contributed by atoms with Gasteiger partial charge in [0, 0.05) is 48.5 Å². The van der Waals surface area contributed by atoms with E-state index >= 15 is 0 Å². The maximum Gasteiger partial charge on any atom is 0.223 e. The van der Waals surface area contributed by atoms with Crippen molar-refractivity contribution in [2.75, 3.05) is 5.32 Å². The fourth-order valence-corrected chi connectivity index (χ4v) is 3.07. The largest absolute Gasteiger partial charge is 0.348 e. The molecule has 3 aromatic heterocycles. The number of aryl methyl sites for hydroxylation is 2. The van der Waals surface area contributed by atoms with Crippen molar-refractivity contribution in [3.05, 3.63) is 78.5 Å². The first kappa shape index (κ1) is 17.9. The Kier molecular flexibility index (Phi) is 4.85. The fourth-order valence-electron chi connectivity index (χ4n) is 3.07. The van der Waals surface area contributed by atoms with Crippen LogP contribution in [0.15, 0.2) is 67.4 Å². The predicted molar refractivity (Wildman–Crippen MR) is 111 cm³/mol. The second-order valence-electron chi connectivity index (χ2n) is 6.87. The molecule has 0 saturated carbocycles. The number of pyridine rings is 1. The Morgan fingerprint density at radius 3 is 2.39 bits per heavy atom. The molecule has 0 aliphatic rings. The normalized spacial score (nSPS) is 12.0. The molecule has 4 rings (SSSR count).